The Hall–Kier alpha value is -2.16. The van der Waals surface area contributed by atoms with E-state index in [4.69, 9.17) is 5.73 Å². The molecule has 0 unspecified atom stereocenters. The fourth-order valence-corrected chi connectivity index (χ4v) is 1.99. The lowest BCUT2D eigenvalue weighted by molar-refractivity contribution is -0.0328. The molecule has 4 N–H and O–H groups in total. The minimum Gasteiger partial charge on any atom is -0.365 e. The summed E-state index contributed by atoms with van der Waals surface area (Å²) in [6.45, 7) is 0. The van der Waals surface area contributed by atoms with E-state index >= 15 is 0 Å². The number of nitrogens with two attached hydrogens (primary N) is 1. The minimum atomic E-state index is -4.32. The van der Waals surface area contributed by atoms with Crippen LogP contribution in [0.15, 0.2) is 35.4 Å². The molecule has 1 amide bonds. The van der Waals surface area contributed by atoms with Gasteiger partial charge in [-0.15, -0.1) is 0 Å². The molecule has 0 aliphatic rings. The zero-order valence-corrected chi connectivity index (χ0v) is 10.7. The van der Waals surface area contributed by atoms with Crippen molar-refractivity contribution in [2.75, 3.05) is 5.32 Å². The number of anilines is 2. The molecule has 5 nitrogen and oxygen atoms in total. The second-order valence-electron chi connectivity index (χ2n) is 3.71. The number of carbonyl (C=O) groups is 1. The van der Waals surface area contributed by atoms with E-state index in [1.165, 1.54) is 30.5 Å². The Bertz CT molecular complexity index is 609. The van der Waals surface area contributed by atoms with Crippen LogP contribution in [0.5, 0.6) is 0 Å². The molecule has 1 aromatic heterocycles. The lowest BCUT2D eigenvalue weighted by atomic mass is 10.3. The van der Waals surface area contributed by atoms with Crippen molar-refractivity contribution in [3.8, 4) is 0 Å². The Morgan fingerprint density at radius 1 is 1.30 bits per heavy atom. The summed E-state index contributed by atoms with van der Waals surface area (Å²) in [7, 11) is 0. The highest BCUT2D eigenvalue weighted by atomic mass is 32.2. The highest BCUT2D eigenvalue weighted by Crippen LogP contribution is 2.37. The van der Waals surface area contributed by atoms with Gasteiger partial charge in [-0.25, -0.2) is 0 Å². The van der Waals surface area contributed by atoms with E-state index in [1.807, 2.05) is 0 Å². The first-order chi connectivity index (χ1) is 9.35. The van der Waals surface area contributed by atoms with Gasteiger partial charge in [0.05, 0.1) is 0 Å². The number of alkyl halides is 3. The second kappa shape index (κ2) is 5.45. The predicted octanol–water partition coefficient (Wildman–Crippen LogP) is 2.86. The number of rotatable bonds is 4. The van der Waals surface area contributed by atoms with Gasteiger partial charge in [0.15, 0.2) is 5.82 Å². The van der Waals surface area contributed by atoms with E-state index in [0.717, 1.165) is 0 Å². The Morgan fingerprint density at radius 2 is 1.95 bits per heavy atom. The zero-order chi connectivity index (χ0) is 14.8. The molecule has 0 fully saturated rings. The van der Waals surface area contributed by atoms with Crippen molar-refractivity contribution in [3.05, 3.63) is 36.0 Å². The van der Waals surface area contributed by atoms with Crippen LogP contribution in [0.4, 0.5) is 24.7 Å². The van der Waals surface area contributed by atoms with Gasteiger partial charge in [-0.1, -0.05) is 0 Å². The number of nitrogens with zero attached hydrogens (tertiary/aromatic N) is 1. The Kier molecular flexibility index (Phi) is 3.89. The summed E-state index contributed by atoms with van der Waals surface area (Å²) >= 11 is -0.198. The number of H-pyrrole nitrogens is 1. The standard InChI is InChI=1S/C11H9F3N4OS/c12-11(13,14)20-7-3-1-6(2-4-7)17-10-8(9(15)19)5-16-18-10/h1-5H,(H2,15,19)(H2,16,17,18). The Morgan fingerprint density at radius 3 is 2.50 bits per heavy atom. The molecule has 20 heavy (non-hydrogen) atoms. The molecule has 0 radical (unpaired) electrons. The van der Waals surface area contributed by atoms with Crippen LogP contribution in [-0.2, 0) is 0 Å². The molecule has 1 aromatic carbocycles. The van der Waals surface area contributed by atoms with Gasteiger partial charge in [0.1, 0.15) is 5.56 Å². The minimum absolute atomic E-state index is 0.0696. The van der Waals surface area contributed by atoms with E-state index in [2.05, 4.69) is 15.5 Å². The van der Waals surface area contributed by atoms with E-state index in [0.29, 0.717) is 5.69 Å². The number of amides is 1. The summed E-state index contributed by atoms with van der Waals surface area (Å²) in [4.78, 5) is 11.1. The average molecular weight is 302 g/mol. The van der Waals surface area contributed by atoms with Crippen LogP contribution < -0.4 is 11.1 Å². The van der Waals surface area contributed by atoms with Crippen LogP contribution in [0.1, 0.15) is 10.4 Å². The summed E-state index contributed by atoms with van der Waals surface area (Å²) in [6.07, 6.45) is 1.33. The molecule has 0 bridgehead atoms. The number of carbonyl (C=O) groups excluding carboxylic acids is 1. The maximum absolute atomic E-state index is 12.2. The van der Waals surface area contributed by atoms with Crippen molar-refractivity contribution in [1.82, 2.24) is 10.2 Å². The molecule has 2 rings (SSSR count). The SMILES string of the molecule is NC(=O)c1c[nH]nc1Nc1ccc(SC(F)(F)F)cc1. The lowest BCUT2D eigenvalue weighted by Gasteiger charge is -2.07. The van der Waals surface area contributed by atoms with Gasteiger partial charge in [0, 0.05) is 16.8 Å². The molecule has 0 saturated heterocycles. The van der Waals surface area contributed by atoms with E-state index in [-0.39, 0.29) is 28.0 Å². The molecular weight excluding hydrogens is 293 g/mol. The fraction of sp³-hybridized carbons (Fsp3) is 0.0909. The topological polar surface area (TPSA) is 83.8 Å². The number of primary amides is 1. The van der Waals surface area contributed by atoms with Crippen LogP contribution in [-0.4, -0.2) is 21.6 Å². The summed E-state index contributed by atoms with van der Waals surface area (Å²) in [5.74, 6) is -0.445. The largest absolute Gasteiger partial charge is 0.446 e. The van der Waals surface area contributed by atoms with Gasteiger partial charge < -0.3 is 11.1 Å². The molecule has 9 heteroatoms. The monoisotopic (exact) mass is 302 g/mol. The van der Waals surface area contributed by atoms with Gasteiger partial charge in [-0.2, -0.15) is 18.3 Å². The molecule has 0 aliphatic carbocycles. The summed E-state index contributed by atoms with van der Waals surface area (Å²) < 4.78 is 36.5. The van der Waals surface area contributed by atoms with E-state index in [9.17, 15) is 18.0 Å². The van der Waals surface area contributed by atoms with Crippen LogP contribution >= 0.6 is 11.8 Å². The first-order valence-electron chi connectivity index (χ1n) is 5.31. The number of nitrogens with one attached hydrogen (secondary N) is 2. The fourth-order valence-electron chi connectivity index (χ4n) is 1.45. The molecule has 0 spiro atoms. The number of thioether (sulfide) groups is 1. The van der Waals surface area contributed by atoms with Crippen LogP contribution in [0, 0.1) is 0 Å². The van der Waals surface area contributed by atoms with Crippen molar-refractivity contribution in [2.45, 2.75) is 10.4 Å². The molecule has 106 valence electrons. The van der Waals surface area contributed by atoms with Gasteiger partial charge in [0.2, 0.25) is 0 Å². The van der Waals surface area contributed by atoms with Gasteiger partial charge in [0.25, 0.3) is 5.91 Å². The molecular formula is C11H9F3N4OS. The van der Waals surface area contributed by atoms with Gasteiger partial charge in [-0.05, 0) is 36.0 Å². The van der Waals surface area contributed by atoms with Crippen molar-refractivity contribution < 1.29 is 18.0 Å². The van der Waals surface area contributed by atoms with Crippen molar-refractivity contribution in [3.63, 3.8) is 0 Å². The molecule has 1 heterocycles. The summed E-state index contributed by atoms with van der Waals surface area (Å²) in [5, 5.41) is 9.06. The number of halogens is 3. The normalized spacial score (nSPS) is 11.3. The van der Waals surface area contributed by atoms with Crippen molar-refractivity contribution >= 4 is 29.2 Å². The maximum atomic E-state index is 12.2. The number of hydrogen-bond donors (Lipinski definition) is 3. The smallest absolute Gasteiger partial charge is 0.365 e. The van der Waals surface area contributed by atoms with Gasteiger partial charge in [-0.3, -0.25) is 9.89 Å². The highest BCUT2D eigenvalue weighted by Gasteiger charge is 2.29. The molecule has 0 aliphatic heterocycles. The van der Waals surface area contributed by atoms with Crippen molar-refractivity contribution in [1.29, 1.82) is 0 Å². The Balaban J connectivity index is 2.11. The van der Waals surface area contributed by atoms with E-state index < -0.39 is 11.4 Å². The first kappa shape index (κ1) is 14.3. The first-order valence-corrected chi connectivity index (χ1v) is 6.13. The molecule has 0 saturated carbocycles. The second-order valence-corrected chi connectivity index (χ2v) is 4.85. The number of benzene rings is 1. The molecule has 2 aromatic rings. The zero-order valence-electron chi connectivity index (χ0n) is 9.86. The quantitative estimate of drug-likeness (QED) is 0.758. The predicted molar refractivity (Wildman–Crippen MR) is 68.7 cm³/mol. The number of aromatic amines is 1. The lowest BCUT2D eigenvalue weighted by Crippen LogP contribution is -2.11. The van der Waals surface area contributed by atoms with Crippen LogP contribution in [0.2, 0.25) is 0 Å². The molecule has 0 atom stereocenters. The highest BCUT2D eigenvalue weighted by molar-refractivity contribution is 8.00. The maximum Gasteiger partial charge on any atom is 0.446 e. The Labute approximate surface area is 115 Å². The van der Waals surface area contributed by atoms with Crippen LogP contribution in [0.25, 0.3) is 0 Å². The van der Waals surface area contributed by atoms with Gasteiger partial charge >= 0.3 is 5.51 Å². The third kappa shape index (κ3) is 3.67. The van der Waals surface area contributed by atoms with E-state index in [1.54, 1.807) is 0 Å². The summed E-state index contributed by atoms with van der Waals surface area (Å²) in [6, 6.07) is 5.54. The summed E-state index contributed by atoms with van der Waals surface area (Å²) in [5.41, 5.74) is 1.47. The average Bonchev–Trinajstić information content (AvgIpc) is 2.78. The number of hydrogen-bond acceptors (Lipinski definition) is 4. The van der Waals surface area contributed by atoms with Crippen LogP contribution in [0.3, 0.4) is 0 Å². The third-order valence-electron chi connectivity index (χ3n) is 2.26. The third-order valence-corrected chi connectivity index (χ3v) is 3.00. The number of aromatic nitrogens is 2. The van der Waals surface area contributed by atoms with Crippen molar-refractivity contribution in [2.24, 2.45) is 5.73 Å².